The highest BCUT2D eigenvalue weighted by atomic mass is 16.5. The predicted molar refractivity (Wildman–Crippen MR) is 61.2 cm³/mol. The molecule has 5 nitrogen and oxygen atoms in total. The van der Waals surface area contributed by atoms with Crippen LogP contribution in [0.3, 0.4) is 0 Å². The highest BCUT2D eigenvalue weighted by Crippen LogP contribution is 2.16. The van der Waals surface area contributed by atoms with Gasteiger partial charge in [-0.1, -0.05) is 0 Å². The molecule has 1 rings (SSSR count). The van der Waals surface area contributed by atoms with Crippen LogP contribution in [-0.4, -0.2) is 48.5 Å². The second-order valence-corrected chi connectivity index (χ2v) is 5.41. The summed E-state index contributed by atoms with van der Waals surface area (Å²) in [6.07, 6.45) is 0.583. The monoisotopic (exact) mass is 230 g/mol. The van der Waals surface area contributed by atoms with Gasteiger partial charge in [-0.15, -0.1) is 0 Å². The minimum Gasteiger partial charge on any atom is -0.386 e. The fraction of sp³-hybridized carbons (Fsp3) is 0.909. The molecule has 3 N–H and O–H groups in total. The van der Waals surface area contributed by atoms with E-state index >= 15 is 0 Å². The second-order valence-electron chi connectivity index (χ2n) is 5.41. The van der Waals surface area contributed by atoms with E-state index in [1.165, 1.54) is 0 Å². The van der Waals surface area contributed by atoms with E-state index in [2.05, 4.69) is 10.6 Å². The summed E-state index contributed by atoms with van der Waals surface area (Å²) in [5.74, 6) is -0.102. The maximum absolute atomic E-state index is 11.5. The van der Waals surface area contributed by atoms with Gasteiger partial charge in [0.1, 0.15) is 5.60 Å². The van der Waals surface area contributed by atoms with E-state index in [0.29, 0.717) is 19.6 Å². The van der Waals surface area contributed by atoms with Crippen molar-refractivity contribution >= 4 is 5.91 Å². The third-order valence-electron chi connectivity index (χ3n) is 2.48. The minimum atomic E-state index is -0.878. The summed E-state index contributed by atoms with van der Waals surface area (Å²) in [4.78, 5) is 11.5. The Morgan fingerprint density at radius 1 is 1.50 bits per heavy atom. The standard InChI is InChI=1S/C11H22N2O3/c1-10(2,3)13-6-9(14)12-7-11(15)4-5-16-8-11/h13,15H,4-8H2,1-3H3,(H,12,14). The molecule has 0 aromatic rings. The van der Waals surface area contributed by atoms with Gasteiger partial charge in [0.15, 0.2) is 0 Å². The molecule has 0 radical (unpaired) electrons. The highest BCUT2D eigenvalue weighted by molar-refractivity contribution is 5.78. The third kappa shape index (κ3) is 4.92. The molecule has 0 aliphatic carbocycles. The zero-order chi connectivity index (χ0) is 12.2. The number of nitrogens with one attached hydrogen (secondary N) is 2. The van der Waals surface area contributed by atoms with Crippen molar-refractivity contribution in [3.8, 4) is 0 Å². The number of hydrogen-bond acceptors (Lipinski definition) is 4. The molecule has 1 aliphatic heterocycles. The highest BCUT2D eigenvalue weighted by Gasteiger charge is 2.32. The summed E-state index contributed by atoms with van der Waals surface area (Å²) in [5.41, 5.74) is -0.956. The molecule has 0 spiro atoms. The van der Waals surface area contributed by atoms with Crippen molar-refractivity contribution < 1.29 is 14.6 Å². The van der Waals surface area contributed by atoms with Gasteiger partial charge in [0, 0.05) is 25.1 Å². The molecule has 1 aliphatic rings. The first kappa shape index (κ1) is 13.4. The molecule has 0 aromatic carbocycles. The molecule has 0 saturated carbocycles. The maximum atomic E-state index is 11.5. The fourth-order valence-electron chi connectivity index (χ4n) is 1.41. The Balaban J connectivity index is 2.20. The number of ether oxygens (including phenoxy) is 1. The van der Waals surface area contributed by atoms with Gasteiger partial charge in [-0.3, -0.25) is 4.79 Å². The predicted octanol–water partition coefficient (Wildman–Crippen LogP) is -0.358. The first-order valence-electron chi connectivity index (χ1n) is 5.63. The average molecular weight is 230 g/mol. The van der Waals surface area contributed by atoms with E-state index in [0.717, 1.165) is 0 Å². The Labute approximate surface area is 96.6 Å². The van der Waals surface area contributed by atoms with Gasteiger partial charge in [0.25, 0.3) is 0 Å². The lowest BCUT2D eigenvalue weighted by Gasteiger charge is -2.23. The van der Waals surface area contributed by atoms with Crippen molar-refractivity contribution in [1.29, 1.82) is 0 Å². The summed E-state index contributed by atoms with van der Waals surface area (Å²) >= 11 is 0. The summed E-state index contributed by atoms with van der Waals surface area (Å²) in [6, 6.07) is 0. The molecular formula is C11H22N2O3. The Bertz CT molecular complexity index is 242. The molecular weight excluding hydrogens is 208 g/mol. The zero-order valence-corrected chi connectivity index (χ0v) is 10.3. The van der Waals surface area contributed by atoms with Crippen molar-refractivity contribution in [2.75, 3.05) is 26.3 Å². The number of rotatable bonds is 4. The molecule has 1 fully saturated rings. The number of carbonyl (C=O) groups is 1. The molecule has 1 atom stereocenters. The summed E-state index contributed by atoms with van der Waals surface area (Å²) in [6.45, 7) is 7.39. The summed E-state index contributed by atoms with van der Waals surface area (Å²) < 4.78 is 5.09. The van der Waals surface area contributed by atoms with Gasteiger partial charge in [0.05, 0.1) is 13.2 Å². The van der Waals surface area contributed by atoms with Crippen LogP contribution >= 0.6 is 0 Å². The van der Waals surface area contributed by atoms with Crippen LogP contribution in [0.2, 0.25) is 0 Å². The van der Waals surface area contributed by atoms with Crippen LogP contribution in [0, 0.1) is 0 Å². The maximum Gasteiger partial charge on any atom is 0.234 e. The van der Waals surface area contributed by atoms with E-state index in [-0.39, 0.29) is 24.5 Å². The summed E-state index contributed by atoms with van der Waals surface area (Å²) in [7, 11) is 0. The van der Waals surface area contributed by atoms with Crippen molar-refractivity contribution in [3.05, 3.63) is 0 Å². The van der Waals surface area contributed by atoms with Crippen molar-refractivity contribution in [2.45, 2.75) is 38.3 Å². The van der Waals surface area contributed by atoms with Gasteiger partial charge >= 0.3 is 0 Å². The largest absolute Gasteiger partial charge is 0.386 e. The van der Waals surface area contributed by atoms with Crippen LogP contribution in [0.5, 0.6) is 0 Å². The fourth-order valence-corrected chi connectivity index (χ4v) is 1.41. The van der Waals surface area contributed by atoms with Crippen molar-refractivity contribution in [3.63, 3.8) is 0 Å². The zero-order valence-electron chi connectivity index (χ0n) is 10.3. The molecule has 94 valence electrons. The van der Waals surface area contributed by atoms with Crippen LogP contribution < -0.4 is 10.6 Å². The smallest absolute Gasteiger partial charge is 0.234 e. The third-order valence-corrected chi connectivity index (χ3v) is 2.48. The van der Waals surface area contributed by atoms with E-state index in [1.807, 2.05) is 20.8 Å². The second kappa shape index (κ2) is 5.12. The molecule has 1 amide bonds. The topological polar surface area (TPSA) is 70.6 Å². The Morgan fingerprint density at radius 2 is 2.19 bits per heavy atom. The molecule has 0 bridgehead atoms. The van der Waals surface area contributed by atoms with E-state index in [4.69, 9.17) is 4.74 Å². The number of hydrogen-bond donors (Lipinski definition) is 3. The Hall–Kier alpha value is -0.650. The quantitative estimate of drug-likeness (QED) is 0.617. The first-order chi connectivity index (χ1) is 7.31. The number of carbonyl (C=O) groups excluding carboxylic acids is 1. The number of amides is 1. The lowest BCUT2D eigenvalue weighted by atomic mass is 10.0. The van der Waals surface area contributed by atoms with E-state index in [9.17, 15) is 9.90 Å². The van der Waals surface area contributed by atoms with Crippen LogP contribution in [0.25, 0.3) is 0 Å². The Morgan fingerprint density at radius 3 is 2.69 bits per heavy atom. The van der Waals surface area contributed by atoms with Crippen LogP contribution in [-0.2, 0) is 9.53 Å². The van der Waals surface area contributed by atoms with Crippen LogP contribution in [0.15, 0.2) is 0 Å². The van der Waals surface area contributed by atoms with Gasteiger partial charge in [-0.05, 0) is 20.8 Å². The number of aliphatic hydroxyl groups is 1. The SMILES string of the molecule is CC(C)(C)NCC(=O)NCC1(O)CCOC1. The van der Waals surface area contributed by atoms with Gasteiger partial charge < -0.3 is 20.5 Å². The molecule has 1 unspecified atom stereocenters. The normalized spacial score (nSPS) is 25.8. The van der Waals surface area contributed by atoms with Gasteiger partial charge in [0.2, 0.25) is 5.91 Å². The Kier molecular flexibility index (Phi) is 4.29. The molecule has 1 saturated heterocycles. The van der Waals surface area contributed by atoms with Crippen molar-refractivity contribution in [2.24, 2.45) is 0 Å². The molecule has 0 aromatic heterocycles. The lowest BCUT2D eigenvalue weighted by Crippen LogP contribution is -2.48. The molecule has 1 heterocycles. The first-order valence-corrected chi connectivity index (χ1v) is 5.63. The van der Waals surface area contributed by atoms with Crippen molar-refractivity contribution in [1.82, 2.24) is 10.6 Å². The summed E-state index contributed by atoms with van der Waals surface area (Å²) in [5, 5.41) is 15.7. The van der Waals surface area contributed by atoms with E-state index in [1.54, 1.807) is 0 Å². The van der Waals surface area contributed by atoms with Crippen LogP contribution in [0.4, 0.5) is 0 Å². The molecule has 16 heavy (non-hydrogen) atoms. The van der Waals surface area contributed by atoms with Gasteiger partial charge in [-0.25, -0.2) is 0 Å². The lowest BCUT2D eigenvalue weighted by molar-refractivity contribution is -0.121. The minimum absolute atomic E-state index is 0.0787. The van der Waals surface area contributed by atoms with E-state index < -0.39 is 5.60 Å². The molecule has 5 heteroatoms. The van der Waals surface area contributed by atoms with Gasteiger partial charge in [-0.2, -0.15) is 0 Å². The average Bonchev–Trinajstić information content (AvgIpc) is 2.59. The van der Waals surface area contributed by atoms with Crippen LogP contribution in [0.1, 0.15) is 27.2 Å².